The number of nitrogens with two attached hydrogens (primary N) is 1. The van der Waals surface area contributed by atoms with Crippen molar-refractivity contribution in [2.24, 2.45) is 5.73 Å². The predicted octanol–water partition coefficient (Wildman–Crippen LogP) is 0.637. The second-order valence-corrected chi connectivity index (χ2v) is 6.19. The minimum absolute atomic E-state index is 0.270. The van der Waals surface area contributed by atoms with Gasteiger partial charge in [-0.1, -0.05) is 0 Å². The topological polar surface area (TPSA) is 81.4 Å². The minimum Gasteiger partial charge on any atom is -0.493 e. The van der Waals surface area contributed by atoms with Crippen LogP contribution < -0.4 is 15.2 Å². The maximum absolute atomic E-state index is 12.1. The van der Waals surface area contributed by atoms with Crippen molar-refractivity contribution >= 4 is 10.0 Å². The molecule has 1 aromatic carbocycles. The number of nitrogens with one attached hydrogen (secondary N) is 1. The molecule has 0 radical (unpaired) electrons. The molecule has 5 nitrogen and oxygen atoms in total. The van der Waals surface area contributed by atoms with Gasteiger partial charge in [0, 0.05) is 12.6 Å². The van der Waals surface area contributed by atoms with Crippen LogP contribution in [0.1, 0.15) is 18.9 Å². The molecular formula is C12H18N2O3S. The molecule has 6 heteroatoms. The summed E-state index contributed by atoms with van der Waals surface area (Å²) < 4.78 is 32.2. The molecule has 100 valence electrons. The Morgan fingerprint density at radius 1 is 1.50 bits per heavy atom. The molecule has 3 N–H and O–H groups in total. The van der Waals surface area contributed by atoms with Gasteiger partial charge in [-0.25, -0.2) is 13.1 Å². The zero-order valence-electron chi connectivity index (χ0n) is 10.3. The van der Waals surface area contributed by atoms with Crippen LogP contribution in [0.15, 0.2) is 23.1 Å². The molecule has 0 aliphatic carbocycles. The summed E-state index contributed by atoms with van der Waals surface area (Å²) in [5, 5.41) is 0. The van der Waals surface area contributed by atoms with E-state index in [1.807, 2.05) is 0 Å². The summed E-state index contributed by atoms with van der Waals surface area (Å²) in [6.45, 7) is 2.70. The Kier molecular flexibility index (Phi) is 3.89. The molecule has 0 amide bonds. The second-order valence-electron chi connectivity index (χ2n) is 4.48. The molecule has 1 aliphatic heterocycles. The molecule has 1 aliphatic rings. The lowest BCUT2D eigenvalue weighted by molar-refractivity contribution is 0.288. The molecule has 0 bridgehead atoms. The monoisotopic (exact) mass is 270 g/mol. The van der Waals surface area contributed by atoms with E-state index in [0.717, 1.165) is 24.2 Å². The maximum Gasteiger partial charge on any atom is 0.240 e. The number of sulfonamides is 1. The highest BCUT2D eigenvalue weighted by atomic mass is 32.2. The Bertz CT molecular complexity index is 528. The average Bonchev–Trinajstić information content (AvgIpc) is 2.37. The smallest absolute Gasteiger partial charge is 0.240 e. The van der Waals surface area contributed by atoms with Gasteiger partial charge in [-0.2, -0.15) is 0 Å². The van der Waals surface area contributed by atoms with Crippen molar-refractivity contribution in [3.05, 3.63) is 23.8 Å². The van der Waals surface area contributed by atoms with Crippen LogP contribution in [0.3, 0.4) is 0 Å². The van der Waals surface area contributed by atoms with Gasteiger partial charge in [0.25, 0.3) is 0 Å². The lowest BCUT2D eigenvalue weighted by atomic mass is 10.1. The first-order chi connectivity index (χ1) is 8.53. The molecule has 0 spiro atoms. The van der Waals surface area contributed by atoms with Gasteiger partial charge in [0.1, 0.15) is 5.75 Å². The number of aryl methyl sites for hydroxylation is 1. The van der Waals surface area contributed by atoms with Crippen molar-refractivity contribution in [3.63, 3.8) is 0 Å². The van der Waals surface area contributed by atoms with E-state index >= 15 is 0 Å². The van der Waals surface area contributed by atoms with E-state index in [9.17, 15) is 8.42 Å². The molecule has 0 saturated heterocycles. The van der Waals surface area contributed by atoms with E-state index in [0.29, 0.717) is 6.61 Å². The van der Waals surface area contributed by atoms with E-state index in [1.165, 1.54) is 0 Å². The molecular weight excluding hydrogens is 252 g/mol. The van der Waals surface area contributed by atoms with Crippen LogP contribution in [0, 0.1) is 0 Å². The van der Waals surface area contributed by atoms with Gasteiger partial charge < -0.3 is 10.5 Å². The van der Waals surface area contributed by atoms with Crippen LogP contribution in [0.2, 0.25) is 0 Å². The Morgan fingerprint density at radius 3 is 3.00 bits per heavy atom. The fourth-order valence-corrected chi connectivity index (χ4v) is 3.19. The van der Waals surface area contributed by atoms with Crippen molar-refractivity contribution < 1.29 is 13.2 Å². The van der Waals surface area contributed by atoms with Crippen LogP contribution in [0.4, 0.5) is 0 Å². The van der Waals surface area contributed by atoms with Crippen molar-refractivity contribution in [2.45, 2.75) is 30.7 Å². The third-order valence-electron chi connectivity index (χ3n) is 2.90. The van der Waals surface area contributed by atoms with Crippen molar-refractivity contribution in [3.8, 4) is 5.75 Å². The highest BCUT2D eigenvalue weighted by Gasteiger charge is 2.19. The summed E-state index contributed by atoms with van der Waals surface area (Å²) in [4.78, 5) is 0.270. The van der Waals surface area contributed by atoms with E-state index in [1.54, 1.807) is 25.1 Å². The molecule has 1 atom stereocenters. The van der Waals surface area contributed by atoms with Crippen LogP contribution in [0.5, 0.6) is 5.75 Å². The second kappa shape index (κ2) is 5.26. The molecule has 0 unspecified atom stereocenters. The third-order valence-corrected chi connectivity index (χ3v) is 4.49. The number of hydrogen-bond donors (Lipinski definition) is 2. The number of benzene rings is 1. The van der Waals surface area contributed by atoms with Gasteiger partial charge >= 0.3 is 0 Å². The van der Waals surface area contributed by atoms with E-state index in [-0.39, 0.29) is 17.5 Å². The van der Waals surface area contributed by atoms with E-state index in [4.69, 9.17) is 10.5 Å². The van der Waals surface area contributed by atoms with Gasteiger partial charge in [0.15, 0.2) is 0 Å². The number of rotatable bonds is 4. The molecule has 1 heterocycles. The molecule has 0 aromatic heterocycles. The van der Waals surface area contributed by atoms with Crippen LogP contribution >= 0.6 is 0 Å². The third kappa shape index (κ3) is 2.82. The fraction of sp³-hybridized carbons (Fsp3) is 0.500. The predicted molar refractivity (Wildman–Crippen MR) is 69.1 cm³/mol. The zero-order chi connectivity index (χ0) is 13.2. The number of hydrogen-bond acceptors (Lipinski definition) is 4. The van der Waals surface area contributed by atoms with E-state index in [2.05, 4.69) is 4.72 Å². The van der Waals surface area contributed by atoms with Gasteiger partial charge in [-0.3, -0.25) is 0 Å². The standard InChI is InChI=1S/C12H18N2O3S/c1-9(8-13)14-18(15,16)11-4-5-12-10(7-11)3-2-6-17-12/h4-5,7,9,14H,2-3,6,8,13H2,1H3/t9-/m0/s1. The quantitative estimate of drug-likeness (QED) is 0.841. The molecule has 1 aromatic rings. The molecule has 0 fully saturated rings. The molecule has 2 rings (SSSR count). The lowest BCUT2D eigenvalue weighted by Gasteiger charge is -2.18. The Labute approximate surface area is 107 Å². The number of fused-ring (bicyclic) bond motifs is 1. The Balaban J connectivity index is 2.28. The zero-order valence-corrected chi connectivity index (χ0v) is 11.2. The van der Waals surface area contributed by atoms with Crippen LogP contribution in [-0.4, -0.2) is 27.6 Å². The van der Waals surface area contributed by atoms with Crippen LogP contribution in [-0.2, 0) is 16.4 Å². The first-order valence-electron chi connectivity index (χ1n) is 6.01. The van der Waals surface area contributed by atoms with Crippen molar-refractivity contribution in [1.29, 1.82) is 0 Å². The molecule has 0 saturated carbocycles. The molecule has 18 heavy (non-hydrogen) atoms. The average molecular weight is 270 g/mol. The Hall–Kier alpha value is -1.11. The Morgan fingerprint density at radius 2 is 2.28 bits per heavy atom. The maximum atomic E-state index is 12.1. The van der Waals surface area contributed by atoms with Gasteiger partial charge in [-0.05, 0) is 43.5 Å². The summed E-state index contributed by atoms with van der Waals surface area (Å²) in [6, 6.07) is 4.69. The minimum atomic E-state index is -3.49. The van der Waals surface area contributed by atoms with Gasteiger partial charge in [0.05, 0.1) is 11.5 Å². The summed E-state index contributed by atoms with van der Waals surface area (Å²) in [7, 11) is -3.49. The van der Waals surface area contributed by atoms with E-state index < -0.39 is 10.0 Å². The first-order valence-corrected chi connectivity index (χ1v) is 7.49. The summed E-state index contributed by atoms with van der Waals surface area (Å²) in [5.74, 6) is 0.784. The summed E-state index contributed by atoms with van der Waals surface area (Å²) >= 11 is 0. The van der Waals surface area contributed by atoms with Crippen LogP contribution in [0.25, 0.3) is 0 Å². The first kappa shape index (κ1) is 13.3. The van der Waals surface area contributed by atoms with Gasteiger partial charge in [0.2, 0.25) is 10.0 Å². The highest BCUT2D eigenvalue weighted by molar-refractivity contribution is 7.89. The fourth-order valence-electron chi connectivity index (χ4n) is 1.88. The largest absolute Gasteiger partial charge is 0.493 e. The van der Waals surface area contributed by atoms with Crippen molar-refractivity contribution in [1.82, 2.24) is 4.72 Å². The summed E-state index contributed by atoms with van der Waals surface area (Å²) in [6.07, 6.45) is 1.77. The lowest BCUT2D eigenvalue weighted by Crippen LogP contribution is -2.37. The van der Waals surface area contributed by atoms with Crippen molar-refractivity contribution in [2.75, 3.05) is 13.2 Å². The van der Waals surface area contributed by atoms with Gasteiger partial charge in [-0.15, -0.1) is 0 Å². The SMILES string of the molecule is C[C@@H](CN)NS(=O)(=O)c1ccc2c(c1)CCCO2. The number of ether oxygens (including phenoxy) is 1. The highest BCUT2D eigenvalue weighted by Crippen LogP contribution is 2.27. The summed E-state index contributed by atoms with van der Waals surface area (Å²) in [5.41, 5.74) is 6.37. The normalized spacial score (nSPS) is 16.8.